The second-order valence-corrected chi connectivity index (χ2v) is 17.3. The molecule has 0 aliphatic carbocycles. The Morgan fingerprint density at radius 1 is 0.429 bits per heavy atom. The quantitative estimate of drug-likeness (QED) is 0.180. The van der Waals surface area contributed by atoms with E-state index in [1.165, 1.54) is 33.3 Å². The van der Waals surface area contributed by atoms with Crippen molar-refractivity contribution < 1.29 is 8.42 Å². The van der Waals surface area contributed by atoms with Gasteiger partial charge in [0.15, 0.2) is 0 Å². The van der Waals surface area contributed by atoms with Crippen LogP contribution in [-0.4, -0.2) is 13.0 Å². The zero-order valence-corrected chi connectivity index (χ0v) is 31.8. The number of para-hydroxylation sites is 4. The molecule has 0 N–H and O–H groups in total. The molecule has 0 unspecified atom stereocenters. The van der Waals surface area contributed by atoms with Crippen molar-refractivity contribution in [1.29, 1.82) is 0 Å². The van der Waals surface area contributed by atoms with Crippen molar-refractivity contribution in [3.05, 3.63) is 193 Å². The van der Waals surface area contributed by atoms with Crippen molar-refractivity contribution in [2.75, 3.05) is 4.90 Å². The van der Waals surface area contributed by atoms with Crippen LogP contribution in [0.2, 0.25) is 0 Å². The van der Waals surface area contributed by atoms with E-state index < -0.39 is 9.84 Å². The fourth-order valence-electron chi connectivity index (χ4n) is 9.18. The lowest BCUT2D eigenvalue weighted by molar-refractivity contribution is 0.598. The summed E-state index contributed by atoms with van der Waals surface area (Å²) < 4.78 is 29.9. The topological polar surface area (TPSA) is 42.3 Å². The number of sulfone groups is 1. The lowest BCUT2D eigenvalue weighted by atomic mass is 9.73. The molecule has 0 atom stereocenters. The molecular formula is C51H36N2O2S. The average Bonchev–Trinajstić information content (AvgIpc) is 3.69. The van der Waals surface area contributed by atoms with Crippen molar-refractivity contribution in [1.82, 2.24) is 4.57 Å². The van der Waals surface area contributed by atoms with Gasteiger partial charge in [0.05, 0.1) is 32.2 Å². The minimum absolute atomic E-state index is 0.124. The molecule has 0 bridgehead atoms. The Kier molecular flexibility index (Phi) is 6.95. The molecule has 56 heavy (non-hydrogen) atoms. The number of rotatable bonds is 4. The van der Waals surface area contributed by atoms with Gasteiger partial charge >= 0.3 is 0 Å². The summed E-state index contributed by atoms with van der Waals surface area (Å²) in [6, 6.07) is 63.0. The smallest absolute Gasteiger partial charge is 0.207 e. The third kappa shape index (κ3) is 4.68. The summed E-state index contributed by atoms with van der Waals surface area (Å²) in [5.74, 6) is 0. The second-order valence-electron chi connectivity index (χ2n) is 15.4. The minimum atomic E-state index is -3.64. The molecule has 268 valence electrons. The number of nitrogens with zero attached hydrogens (tertiary/aromatic N) is 2. The molecule has 4 nitrogen and oxygen atoms in total. The Labute approximate surface area is 326 Å². The fourth-order valence-corrected chi connectivity index (χ4v) is 10.8. The molecule has 0 saturated heterocycles. The van der Waals surface area contributed by atoms with Crippen LogP contribution in [-0.2, 0) is 15.3 Å². The number of aromatic nitrogens is 1. The van der Waals surface area contributed by atoms with Crippen LogP contribution in [0.4, 0.5) is 17.1 Å². The molecule has 0 amide bonds. The highest BCUT2D eigenvalue weighted by Crippen LogP contribution is 2.52. The molecule has 0 fully saturated rings. The Bertz CT molecular complexity index is 3070. The SMILES string of the molecule is CC1(C)c2ccccc2N(c2ccc(-c3ccc4c(c3)-c3cc(-c5ccc(-n6c7ccccc7c7ccccc76)cc5)ccc3S4(=O)=O)cc2)c2ccccc21. The molecule has 0 radical (unpaired) electrons. The van der Waals surface area contributed by atoms with Gasteiger partial charge in [0.2, 0.25) is 9.84 Å². The first-order valence-corrected chi connectivity index (χ1v) is 20.5. The van der Waals surface area contributed by atoms with Crippen LogP contribution in [0.1, 0.15) is 25.0 Å². The number of fused-ring (bicyclic) bond motifs is 8. The van der Waals surface area contributed by atoms with Crippen LogP contribution in [0.25, 0.3) is 60.9 Å². The van der Waals surface area contributed by atoms with E-state index in [1.807, 2.05) is 24.3 Å². The van der Waals surface area contributed by atoms with E-state index >= 15 is 0 Å². The Hall–Kier alpha value is -6.69. The first-order chi connectivity index (χ1) is 27.3. The summed E-state index contributed by atoms with van der Waals surface area (Å²) >= 11 is 0. The normalized spacial score (nSPS) is 14.6. The van der Waals surface area contributed by atoms with E-state index in [-0.39, 0.29) is 5.41 Å². The monoisotopic (exact) mass is 740 g/mol. The van der Waals surface area contributed by atoms with Crippen molar-refractivity contribution in [3.63, 3.8) is 0 Å². The van der Waals surface area contributed by atoms with Crippen molar-refractivity contribution in [2.24, 2.45) is 0 Å². The van der Waals surface area contributed by atoms with Gasteiger partial charge in [-0.15, -0.1) is 0 Å². The molecule has 0 spiro atoms. The van der Waals surface area contributed by atoms with Gasteiger partial charge in [-0.2, -0.15) is 0 Å². The molecular weight excluding hydrogens is 705 g/mol. The van der Waals surface area contributed by atoms with Crippen molar-refractivity contribution >= 4 is 48.7 Å². The number of hydrogen-bond donors (Lipinski definition) is 0. The molecule has 8 aromatic carbocycles. The van der Waals surface area contributed by atoms with Gasteiger partial charge in [-0.05, 0) is 106 Å². The van der Waals surface area contributed by atoms with Gasteiger partial charge in [0, 0.05) is 38.7 Å². The van der Waals surface area contributed by atoms with E-state index in [2.05, 4.69) is 169 Å². The summed E-state index contributed by atoms with van der Waals surface area (Å²) in [4.78, 5) is 3.06. The third-order valence-electron chi connectivity index (χ3n) is 12.0. The summed E-state index contributed by atoms with van der Waals surface area (Å²) in [6.07, 6.45) is 0. The summed E-state index contributed by atoms with van der Waals surface area (Å²) in [5, 5.41) is 2.45. The van der Waals surface area contributed by atoms with E-state index in [1.54, 1.807) is 12.1 Å². The highest BCUT2D eigenvalue weighted by molar-refractivity contribution is 7.92. The van der Waals surface area contributed by atoms with Crippen molar-refractivity contribution in [3.8, 4) is 39.1 Å². The van der Waals surface area contributed by atoms with Crippen molar-refractivity contribution in [2.45, 2.75) is 29.1 Å². The lowest BCUT2D eigenvalue weighted by Gasteiger charge is -2.42. The molecule has 2 aliphatic heterocycles. The summed E-state index contributed by atoms with van der Waals surface area (Å²) in [6.45, 7) is 4.59. The Morgan fingerprint density at radius 2 is 0.839 bits per heavy atom. The maximum absolute atomic E-state index is 13.8. The maximum Gasteiger partial charge on any atom is 0.207 e. The van der Waals surface area contributed by atoms with Gasteiger partial charge in [0.1, 0.15) is 0 Å². The highest BCUT2D eigenvalue weighted by Gasteiger charge is 2.37. The van der Waals surface area contributed by atoms with Crippen LogP contribution >= 0.6 is 0 Å². The predicted octanol–water partition coefficient (Wildman–Crippen LogP) is 13.0. The van der Waals surface area contributed by atoms with Gasteiger partial charge in [0.25, 0.3) is 0 Å². The number of anilines is 3. The molecule has 5 heteroatoms. The largest absolute Gasteiger partial charge is 0.310 e. The van der Waals surface area contributed by atoms with Crippen LogP contribution in [0.5, 0.6) is 0 Å². The second kappa shape index (κ2) is 11.9. The number of hydrogen-bond acceptors (Lipinski definition) is 3. The van der Waals surface area contributed by atoms with Gasteiger partial charge in [-0.3, -0.25) is 0 Å². The third-order valence-corrected chi connectivity index (χ3v) is 13.8. The fraction of sp³-hybridized carbons (Fsp3) is 0.0588. The average molecular weight is 741 g/mol. The highest BCUT2D eigenvalue weighted by atomic mass is 32.2. The first-order valence-electron chi connectivity index (χ1n) is 19.0. The predicted molar refractivity (Wildman–Crippen MR) is 229 cm³/mol. The van der Waals surface area contributed by atoms with Gasteiger partial charge in [-0.1, -0.05) is 123 Å². The summed E-state index contributed by atoms with van der Waals surface area (Å²) in [5.41, 5.74) is 14.8. The van der Waals surface area contributed by atoms with Crippen LogP contribution in [0.15, 0.2) is 192 Å². The van der Waals surface area contributed by atoms with Gasteiger partial charge in [-0.25, -0.2) is 8.42 Å². The molecule has 11 rings (SSSR count). The van der Waals surface area contributed by atoms with Crippen LogP contribution < -0.4 is 4.90 Å². The Morgan fingerprint density at radius 3 is 1.34 bits per heavy atom. The molecule has 1 aromatic heterocycles. The standard InChI is InChI=1S/C51H36N2O2S/c1-51(2)43-13-5-9-17-47(43)53(48-18-10-6-14-44(48)51)38-27-21-34(22-28-38)36-24-30-50-42(32-36)41-31-35(23-29-49(41)56(50,54)55)33-19-25-37(26-20-33)52-45-15-7-3-11-39(45)40-12-4-8-16-46(40)52/h3-32H,1-2H3. The first kappa shape index (κ1) is 32.7. The molecule has 0 saturated carbocycles. The zero-order valence-electron chi connectivity index (χ0n) is 30.9. The number of benzene rings is 8. The van der Waals surface area contributed by atoms with E-state index in [9.17, 15) is 8.42 Å². The maximum atomic E-state index is 13.8. The van der Waals surface area contributed by atoms with Gasteiger partial charge < -0.3 is 9.47 Å². The zero-order chi connectivity index (χ0) is 37.8. The summed E-state index contributed by atoms with van der Waals surface area (Å²) in [7, 11) is -3.64. The Balaban J connectivity index is 0.948. The molecule has 9 aromatic rings. The van der Waals surface area contributed by atoms with E-state index in [4.69, 9.17) is 0 Å². The van der Waals surface area contributed by atoms with Crippen LogP contribution in [0.3, 0.4) is 0 Å². The lowest BCUT2D eigenvalue weighted by Crippen LogP contribution is -2.30. The van der Waals surface area contributed by atoms with E-state index in [0.717, 1.165) is 55.8 Å². The minimum Gasteiger partial charge on any atom is -0.310 e. The van der Waals surface area contributed by atoms with Crippen LogP contribution in [0, 0.1) is 0 Å². The molecule has 3 heterocycles. The van der Waals surface area contributed by atoms with E-state index in [0.29, 0.717) is 9.79 Å². The molecule has 2 aliphatic rings.